The second kappa shape index (κ2) is 11.9. The zero-order chi connectivity index (χ0) is 25.5. The van der Waals surface area contributed by atoms with Crippen molar-refractivity contribution in [3.05, 3.63) is 53.1 Å². The third kappa shape index (κ3) is 6.77. The molecular formula is C23H30ClN3O6S. The molecule has 2 amide bonds. The molecule has 34 heavy (non-hydrogen) atoms. The average Bonchev–Trinajstić information content (AvgIpc) is 2.81. The van der Waals surface area contributed by atoms with Gasteiger partial charge in [-0.05, 0) is 42.3 Å². The highest BCUT2D eigenvalue weighted by molar-refractivity contribution is 7.92. The van der Waals surface area contributed by atoms with Gasteiger partial charge in [0.15, 0.2) is 0 Å². The molecule has 0 aliphatic heterocycles. The summed E-state index contributed by atoms with van der Waals surface area (Å²) in [7, 11) is 0.497. The van der Waals surface area contributed by atoms with Gasteiger partial charge in [-0.3, -0.25) is 13.9 Å². The third-order valence-electron chi connectivity index (χ3n) is 5.21. The summed E-state index contributed by atoms with van der Waals surface area (Å²) in [4.78, 5) is 27.5. The van der Waals surface area contributed by atoms with Crippen molar-refractivity contribution in [3.8, 4) is 11.5 Å². The first kappa shape index (κ1) is 27.3. The largest absolute Gasteiger partial charge is 0.497 e. The number of halogens is 1. The van der Waals surface area contributed by atoms with Crippen LogP contribution in [-0.4, -0.2) is 65.2 Å². The minimum Gasteiger partial charge on any atom is -0.497 e. The standard InChI is InChI=1S/C23H30ClN3O6S/c1-6-19(23(29)25-2)26(14-16-8-7-9-18(12-16)32-3)22(28)15-27(34(5,30)31)20-13-17(24)10-11-21(20)33-4/h7-13,19H,6,14-15H2,1-5H3,(H,25,29). The SMILES string of the molecule is CCC(C(=O)NC)N(Cc1cccc(OC)c1)C(=O)CN(c1cc(Cl)ccc1OC)S(C)(=O)=O. The first-order chi connectivity index (χ1) is 16.0. The number of ether oxygens (including phenoxy) is 2. The molecule has 1 unspecified atom stereocenters. The van der Waals surface area contributed by atoms with Crippen LogP contribution in [0.3, 0.4) is 0 Å². The summed E-state index contributed by atoms with van der Waals surface area (Å²) in [5, 5.41) is 2.85. The molecule has 1 N–H and O–H groups in total. The number of amides is 2. The van der Waals surface area contributed by atoms with Crippen LogP contribution in [0.2, 0.25) is 5.02 Å². The Kier molecular flexibility index (Phi) is 9.57. The van der Waals surface area contributed by atoms with Gasteiger partial charge in [0.25, 0.3) is 0 Å². The summed E-state index contributed by atoms with van der Waals surface area (Å²) in [6.45, 7) is 1.30. The molecule has 0 aliphatic carbocycles. The van der Waals surface area contributed by atoms with E-state index in [1.54, 1.807) is 37.3 Å². The Hall–Kier alpha value is -2.98. The highest BCUT2D eigenvalue weighted by Crippen LogP contribution is 2.33. The van der Waals surface area contributed by atoms with E-state index in [2.05, 4.69) is 5.32 Å². The zero-order valence-corrected chi connectivity index (χ0v) is 21.4. The second-order valence-electron chi connectivity index (χ2n) is 7.50. The summed E-state index contributed by atoms with van der Waals surface area (Å²) in [6.07, 6.45) is 1.32. The van der Waals surface area contributed by atoms with Gasteiger partial charge in [0.05, 0.1) is 26.2 Å². The Morgan fingerprint density at radius 1 is 1.12 bits per heavy atom. The number of nitrogens with one attached hydrogen (secondary N) is 1. The van der Waals surface area contributed by atoms with Gasteiger partial charge in [-0.1, -0.05) is 30.7 Å². The summed E-state index contributed by atoms with van der Waals surface area (Å²) >= 11 is 6.10. The van der Waals surface area contributed by atoms with E-state index in [0.717, 1.165) is 16.1 Å². The summed E-state index contributed by atoms with van der Waals surface area (Å²) < 4.78 is 36.9. The van der Waals surface area contributed by atoms with E-state index in [-0.39, 0.29) is 28.9 Å². The molecule has 2 aromatic carbocycles. The van der Waals surface area contributed by atoms with Gasteiger partial charge < -0.3 is 19.7 Å². The number of anilines is 1. The molecule has 0 aliphatic rings. The molecule has 2 aromatic rings. The number of nitrogens with zero attached hydrogens (tertiary/aromatic N) is 2. The lowest BCUT2D eigenvalue weighted by atomic mass is 10.1. The van der Waals surface area contributed by atoms with E-state index in [0.29, 0.717) is 12.2 Å². The van der Waals surface area contributed by atoms with Gasteiger partial charge in [-0.25, -0.2) is 8.42 Å². The molecule has 0 heterocycles. The van der Waals surface area contributed by atoms with Crippen molar-refractivity contribution in [2.75, 3.05) is 38.4 Å². The third-order valence-corrected chi connectivity index (χ3v) is 6.57. The topological polar surface area (TPSA) is 105 Å². The number of rotatable bonds is 11. The minimum atomic E-state index is -3.91. The predicted octanol–water partition coefficient (Wildman–Crippen LogP) is 2.68. The average molecular weight is 512 g/mol. The molecule has 0 saturated carbocycles. The van der Waals surface area contributed by atoms with E-state index < -0.39 is 28.5 Å². The predicted molar refractivity (Wildman–Crippen MR) is 132 cm³/mol. The Bertz CT molecular complexity index is 1130. The van der Waals surface area contributed by atoms with Crippen LogP contribution in [0, 0.1) is 0 Å². The molecule has 1 atom stereocenters. The Morgan fingerprint density at radius 2 is 1.82 bits per heavy atom. The van der Waals surface area contributed by atoms with Crippen LogP contribution < -0.4 is 19.1 Å². The van der Waals surface area contributed by atoms with Crippen molar-refractivity contribution in [1.29, 1.82) is 0 Å². The van der Waals surface area contributed by atoms with Crippen LogP contribution in [-0.2, 0) is 26.2 Å². The van der Waals surface area contributed by atoms with Crippen molar-refractivity contribution < 1.29 is 27.5 Å². The fourth-order valence-electron chi connectivity index (χ4n) is 3.51. The van der Waals surface area contributed by atoms with Gasteiger partial charge in [-0.15, -0.1) is 0 Å². The molecule has 0 spiro atoms. The first-order valence-electron chi connectivity index (χ1n) is 10.5. The Morgan fingerprint density at radius 3 is 2.38 bits per heavy atom. The monoisotopic (exact) mass is 511 g/mol. The van der Waals surface area contributed by atoms with Crippen LogP contribution in [0.15, 0.2) is 42.5 Å². The van der Waals surface area contributed by atoms with Crippen LogP contribution >= 0.6 is 11.6 Å². The molecule has 9 nitrogen and oxygen atoms in total. The van der Waals surface area contributed by atoms with Gasteiger partial charge in [0.2, 0.25) is 21.8 Å². The normalized spacial score (nSPS) is 11.9. The lowest BCUT2D eigenvalue weighted by Gasteiger charge is -2.33. The van der Waals surface area contributed by atoms with E-state index in [1.165, 1.54) is 38.3 Å². The molecule has 0 aromatic heterocycles. The van der Waals surface area contributed by atoms with E-state index >= 15 is 0 Å². The highest BCUT2D eigenvalue weighted by Gasteiger charge is 2.32. The van der Waals surface area contributed by atoms with Gasteiger partial charge >= 0.3 is 0 Å². The number of carbonyl (C=O) groups excluding carboxylic acids is 2. The fraction of sp³-hybridized carbons (Fsp3) is 0.391. The van der Waals surface area contributed by atoms with Crippen LogP contribution in [0.1, 0.15) is 18.9 Å². The summed E-state index contributed by atoms with van der Waals surface area (Å²) in [6, 6.07) is 10.8. The number of sulfonamides is 1. The van der Waals surface area contributed by atoms with Gasteiger partial charge in [0.1, 0.15) is 24.1 Å². The van der Waals surface area contributed by atoms with Crippen molar-refractivity contribution in [2.45, 2.75) is 25.9 Å². The van der Waals surface area contributed by atoms with E-state index in [4.69, 9.17) is 21.1 Å². The van der Waals surface area contributed by atoms with Crippen LogP contribution in [0.5, 0.6) is 11.5 Å². The zero-order valence-electron chi connectivity index (χ0n) is 19.9. The lowest BCUT2D eigenvalue weighted by Crippen LogP contribution is -2.51. The quantitative estimate of drug-likeness (QED) is 0.497. The Balaban J connectivity index is 2.51. The number of carbonyl (C=O) groups is 2. The molecule has 11 heteroatoms. The van der Waals surface area contributed by atoms with E-state index in [9.17, 15) is 18.0 Å². The minimum absolute atomic E-state index is 0.0756. The summed E-state index contributed by atoms with van der Waals surface area (Å²) in [5.74, 6) is -0.0876. The van der Waals surface area contributed by atoms with Crippen molar-refractivity contribution in [1.82, 2.24) is 10.2 Å². The first-order valence-corrected chi connectivity index (χ1v) is 12.7. The number of hydrogen-bond acceptors (Lipinski definition) is 6. The molecule has 2 rings (SSSR count). The maximum atomic E-state index is 13.6. The van der Waals surface area contributed by atoms with Crippen molar-refractivity contribution >= 4 is 39.1 Å². The van der Waals surface area contributed by atoms with Gasteiger partial charge in [-0.2, -0.15) is 0 Å². The van der Waals surface area contributed by atoms with Gasteiger partial charge in [0, 0.05) is 18.6 Å². The second-order valence-corrected chi connectivity index (χ2v) is 9.84. The fourth-order valence-corrected chi connectivity index (χ4v) is 4.52. The lowest BCUT2D eigenvalue weighted by molar-refractivity contribution is -0.140. The maximum absolute atomic E-state index is 13.6. The van der Waals surface area contributed by atoms with Crippen molar-refractivity contribution in [3.63, 3.8) is 0 Å². The molecule has 0 saturated heterocycles. The molecular weight excluding hydrogens is 482 g/mol. The van der Waals surface area contributed by atoms with Crippen molar-refractivity contribution in [2.24, 2.45) is 0 Å². The van der Waals surface area contributed by atoms with Crippen LogP contribution in [0.4, 0.5) is 5.69 Å². The van der Waals surface area contributed by atoms with E-state index in [1.807, 2.05) is 0 Å². The number of hydrogen-bond donors (Lipinski definition) is 1. The molecule has 0 radical (unpaired) electrons. The number of methoxy groups -OCH3 is 2. The van der Waals surface area contributed by atoms with Crippen LogP contribution in [0.25, 0.3) is 0 Å². The smallest absolute Gasteiger partial charge is 0.244 e. The summed E-state index contributed by atoms with van der Waals surface area (Å²) in [5.41, 5.74) is 0.849. The number of likely N-dealkylation sites (N-methyl/N-ethyl adjacent to an activating group) is 1. The Labute approximate surface area is 205 Å². The number of benzene rings is 2. The molecule has 186 valence electrons. The molecule has 0 bridgehead atoms. The molecule has 0 fully saturated rings. The maximum Gasteiger partial charge on any atom is 0.244 e. The highest BCUT2D eigenvalue weighted by atomic mass is 35.5.